The van der Waals surface area contributed by atoms with Crippen molar-refractivity contribution >= 4 is 0 Å². The smallest absolute Gasteiger partial charge is 0.0558 e. The lowest BCUT2D eigenvalue weighted by atomic mass is 10.2. The predicted octanol–water partition coefficient (Wildman–Crippen LogP) is 1.57. The van der Waals surface area contributed by atoms with Crippen LogP contribution in [0, 0.1) is 0 Å². The summed E-state index contributed by atoms with van der Waals surface area (Å²) in [6.45, 7) is 9.41. The number of aliphatic hydroxyl groups excluding tert-OH is 1. The van der Waals surface area contributed by atoms with E-state index < -0.39 is 0 Å². The first-order valence-electron chi connectivity index (χ1n) is 6.92. The minimum atomic E-state index is 0.302. The summed E-state index contributed by atoms with van der Waals surface area (Å²) in [5.74, 6) is 0. The maximum absolute atomic E-state index is 8.92. The molecule has 0 aromatic rings. The largest absolute Gasteiger partial charge is 0.395 e. The third-order valence-electron chi connectivity index (χ3n) is 3.43. The van der Waals surface area contributed by atoms with Crippen molar-refractivity contribution in [1.29, 1.82) is 0 Å². The fourth-order valence-corrected chi connectivity index (χ4v) is 2.38. The molecule has 96 valence electrons. The molecular weight excluding hydrogens is 200 g/mol. The number of unbranched alkanes of at least 4 members (excludes halogenated alkanes) is 3. The Balaban J connectivity index is 2.10. The summed E-state index contributed by atoms with van der Waals surface area (Å²) in [4.78, 5) is 4.97. The number of rotatable bonds is 7. The Kier molecular flexibility index (Phi) is 7.81. The van der Waals surface area contributed by atoms with Gasteiger partial charge in [-0.25, -0.2) is 0 Å². The number of β-amino-alcohol motifs (C(OH)–C–C–N with tert-alkyl or cyclic N) is 1. The van der Waals surface area contributed by atoms with E-state index in [4.69, 9.17) is 5.11 Å². The average Bonchev–Trinajstić information content (AvgIpc) is 2.51. The van der Waals surface area contributed by atoms with Crippen LogP contribution >= 0.6 is 0 Å². The molecule has 0 aliphatic carbocycles. The van der Waals surface area contributed by atoms with Crippen LogP contribution in [0.4, 0.5) is 0 Å². The summed E-state index contributed by atoms with van der Waals surface area (Å²) >= 11 is 0. The van der Waals surface area contributed by atoms with E-state index in [2.05, 4.69) is 16.7 Å². The maximum Gasteiger partial charge on any atom is 0.0558 e. The summed E-state index contributed by atoms with van der Waals surface area (Å²) in [5, 5.41) is 8.92. The van der Waals surface area contributed by atoms with Crippen LogP contribution in [0.15, 0.2) is 0 Å². The van der Waals surface area contributed by atoms with Crippen molar-refractivity contribution < 1.29 is 5.11 Å². The summed E-state index contributed by atoms with van der Waals surface area (Å²) in [5.41, 5.74) is 0. The van der Waals surface area contributed by atoms with Gasteiger partial charge in [-0.1, -0.05) is 26.2 Å². The molecule has 0 atom stereocenters. The summed E-state index contributed by atoms with van der Waals surface area (Å²) in [7, 11) is 0. The van der Waals surface area contributed by atoms with Crippen molar-refractivity contribution in [3.05, 3.63) is 0 Å². The van der Waals surface area contributed by atoms with E-state index in [9.17, 15) is 0 Å². The number of nitrogens with zero attached hydrogens (tertiary/aromatic N) is 2. The minimum Gasteiger partial charge on any atom is -0.395 e. The lowest BCUT2D eigenvalue weighted by molar-refractivity contribution is 0.196. The molecule has 0 bridgehead atoms. The van der Waals surface area contributed by atoms with Crippen LogP contribution < -0.4 is 0 Å². The molecule has 1 saturated heterocycles. The number of aliphatic hydroxyl groups is 1. The predicted molar refractivity (Wildman–Crippen MR) is 68.7 cm³/mol. The number of hydrogen-bond acceptors (Lipinski definition) is 3. The fraction of sp³-hybridized carbons (Fsp3) is 1.00. The molecule has 0 radical (unpaired) electrons. The molecule has 0 spiro atoms. The molecule has 1 aliphatic heterocycles. The van der Waals surface area contributed by atoms with Gasteiger partial charge in [0.15, 0.2) is 0 Å². The van der Waals surface area contributed by atoms with Crippen molar-refractivity contribution in [2.24, 2.45) is 0 Å². The zero-order valence-corrected chi connectivity index (χ0v) is 10.8. The van der Waals surface area contributed by atoms with Gasteiger partial charge in [0.05, 0.1) is 6.61 Å². The molecule has 0 unspecified atom stereocenters. The Labute approximate surface area is 100 Å². The average molecular weight is 228 g/mol. The first kappa shape index (κ1) is 13.9. The lowest BCUT2D eigenvalue weighted by Gasteiger charge is -2.21. The van der Waals surface area contributed by atoms with Crippen molar-refractivity contribution in [3.8, 4) is 0 Å². The normalized spacial score (nSPS) is 19.9. The Morgan fingerprint density at radius 1 is 0.875 bits per heavy atom. The molecule has 0 saturated carbocycles. The molecule has 1 rings (SSSR count). The Hall–Kier alpha value is -0.120. The highest BCUT2D eigenvalue weighted by atomic mass is 16.3. The molecule has 1 aliphatic rings. The van der Waals surface area contributed by atoms with Crippen LogP contribution in [-0.4, -0.2) is 60.8 Å². The SMILES string of the molecule is CCCCCCN1CCCN(CCO)CC1. The van der Waals surface area contributed by atoms with Gasteiger partial charge in [0.2, 0.25) is 0 Å². The monoisotopic (exact) mass is 228 g/mol. The molecule has 1 heterocycles. The molecule has 1 N–H and O–H groups in total. The van der Waals surface area contributed by atoms with Crippen molar-refractivity contribution in [2.75, 3.05) is 45.9 Å². The highest BCUT2D eigenvalue weighted by molar-refractivity contribution is 4.69. The molecule has 1 fully saturated rings. The fourth-order valence-electron chi connectivity index (χ4n) is 2.38. The van der Waals surface area contributed by atoms with Crippen LogP contribution in [0.25, 0.3) is 0 Å². The summed E-state index contributed by atoms with van der Waals surface area (Å²) in [6, 6.07) is 0. The first-order valence-corrected chi connectivity index (χ1v) is 6.92. The van der Waals surface area contributed by atoms with Gasteiger partial charge < -0.3 is 10.0 Å². The third-order valence-corrected chi connectivity index (χ3v) is 3.43. The second-order valence-corrected chi connectivity index (χ2v) is 4.82. The van der Waals surface area contributed by atoms with E-state index in [1.807, 2.05) is 0 Å². The zero-order valence-electron chi connectivity index (χ0n) is 10.8. The molecule has 0 aromatic carbocycles. The molecule has 3 heteroatoms. The van der Waals surface area contributed by atoms with Crippen LogP contribution in [0.5, 0.6) is 0 Å². The van der Waals surface area contributed by atoms with Gasteiger partial charge in [0, 0.05) is 19.6 Å². The van der Waals surface area contributed by atoms with E-state index in [1.54, 1.807) is 0 Å². The van der Waals surface area contributed by atoms with E-state index in [0.717, 1.165) is 19.6 Å². The molecular formula is C13H28N2O. The minimum absolute atomic E-state index is 0.302. The Morgan fingerprint density at radius 2 is 1.56 bits per heavy atom. The Morgan fingerprint density at radius 3 is 2.19 bits per heavy atom. The van der Waals surface area contributed by atoms with Crippen molar-refractivity contribution in [2.45, 2.75) is 39.0 Å². The molecule has 3 nitrogen and oxygen atoms in total. The zero-order chi connectivity index (χ0) is 11.6. The van der Waals surface area contributed by atoms with Crippen molar-refractivity contribution in [1.82, 2.24) is 9.80 Å². The van der Waals surface area contributed by atoms with E-state index >= 15 is 0 Å². The van der Waals surface area contributed by atoms with Crippen LogP contribution in [0.2, 0.25) is 0 Å². The summed E-state index contributed by atoms with van der Waals surface area (Å²) < 4.78 is 0. The second-order valence-electron chi connectivity index (χ2n) is 4.82. The third kappa shape index (κ3) is 5.83. The molecule has 0 aromatic heterocycles. The van der Waals surface area contributed by atoms with Gasteiger partial charge >= 0.3 is 0 Å². The van der Waals surface area contributed by atoms with Gasteiger partial charge in [0.25, 0.3) is 0 Å². The molecule has 16 heavy (non-hydrogen) atoms. The quantitative estimate of drug-likeness (QED) is 0.670. The topological polar surface area (TPSA) is 26.7 Å². The van der Waals surface area contributed by atoms with Crippen LogP contribution in [0.3, 0.4) is 0 Å². The Bertz CT molecular complexity index is 164. The van der Waals surface area contributed by atoms with Gasteiger partial charge in [-0.2, -0.15) is 0 Å². The second kappa shape index (κ2) is 8.97. The van der Waals surface area contributed by atoms with Crippen LogP contribution in [-0.2, 0) is 0 Å². The standard InChI is InChI=1S/C13H28N2O/c1-2-3-4-5-7-14-8-6-9-15(11-10-14)12-13-16/h16H,2-13H2,1H3. The van der Waals surface area contributed by atoms with E-state index in [-0.39, 0.29) is 0 Å². The maximum atomic E-state index is 8.92. The van der Waals surface area contributed by atoms with E-state index in [0.29, 0.717) is 6.61 Å². The van der Waals surface area contributed by atoms with Gasteiger partial charge in [-0.05, 0) is 32.5 Å². The van der Waals surface area contributed by atoms with E-state index in [1.165, 1.54) is 51.7 Å². The first-order chi connectivity index (χ1) is 7.86. The highest BCUT2D eigenvalue weighted by Gasteiger charge is 2.13. The highest BCUT2D eigenvalue weighted by Crippen LogP contribution is 2.06. The summed E-state index contributed by atoms with van der Waals surface area (Å²) in [6.07, 6.45) is 6.70. The van der Waals surface area contributed by atoms with Gasteiger partial charge in [-0.3, -0.25) is 4.90 Å². The molecule has 0 amide bonds. The lowest BCUT2D eigenvalue weighted by Crippen LogP contribution is -2.32. The van der Waals surface area contributed by atoms with Crippen molar-refractivity contribution in [3.63, 3.8) is 0 Å². The van der Waals surface area contributed by atoms with Gasteiger partial charge in [-0.15, -0.1) is 0 Å². The van der Waals surface area contributed by atoms with Crippen LogP contribution in [0.1, 0.15) is 39.0 Å². The number of hydrogen-bond donors (Lipinski definition) is 1. The van der Waals surface area contributed by atoms with Gasteiger partial charge in [0.1, 0.15) is 0 Å².